The van der Waals surface area contributed by atoms with Crippen molar-refractivity contribution in [2.45, 2.75) is 50.7 Å². The molecule has 0 spiro atoms. The van der Waals surface area contributed by atoms with E-state index in [-0.39, 0.29) is 18.1 Å². The SMILES string of the molecule is COc1ccc(N2CCN(C(=O)CC(=O)O)[C@@H](Cc3ccccc3)C2)cc1OC1CCCC1. The molecule has 0 aromatic heterocycles. The minimum absolute atomic E-state index is 0.116. The van der Waals surface area contributed by atoms with Crippen LogP contribution in [-0.2, 0) is 16.0 Å². The molecule has 7 nitrogen and oxygen atoms in total. The Balaban J connectivity index is 1.54. The summed E-state index contributed by atoms with van der Waals surface area (Å²) in [5.41, 5.74) is 2.14. The third-order valence-electron chi connectivity index (χ3n) is 6.53. The average Bonchev–Trinajstić information content (AvgIpc) is 3.32. The molecule has 1 atom stereocenters. The molecule has 2 aromatic rings. The van der Waals surface area contributed by atoms with Gasteiger partial charge in [0, 0.05) is 31.4 Å². The Hall–Kier alpha value is -3.22. The number of carboxylic acids is 1. The van der Waals surface area contributed by atoms with Crippen LogP contribution in [0.3, 0.4) is 0 Å². The van der Waals surface area contributed by atoms with Crippen LogP contribution < -0.4 is 14.4 Å². The van der Waals surface area contributed by atoms with Crippen LogP contribution in [0.4, 0.5) is 5.69 Å². The van der Waals surface area contributed by atoms with Gasteiger partial charge in [0.2, 0.25) is 5.91 Å². The van der Waals surface area contributed by atoms with Gasteiger partial charge in [0.05, 0.1) is 19.3 Å². The van der Waals surface area contributed by atoms with Crippen molar-refractivity contribution in [2.75, 3.05) is 31.6 Å². The van der Waals surface area contributed by atoms with E-state index in [9.17, 15) is 9.59 Å². The summed E-state index contributed by atoms with van der Waals surface area (Å²) in [5.74, 6) is 0.0560. The first-order chi connectivity index (χ1) is 16.0. The first-order valence-corrected chi connectivity index (χ1v) is 11.7. The molecule has 176 valence electrons. The molecule has 2 aliphatic rings. The van der Waals surface area contributed by atoms with Crippen molar-refractivity contribution >= 4 is 17.6 Å². The number of hydrogen-bond donors (Lipinski definition) is 1. The molecular formula is C26H32N2O5. The van der Waals surface area contributed by atoms with E-state index in [0.717, 1.165) is 35.6 Å². The van der Waals surface area contributed by atoms with Crippen LogP contribution >= 0.6 is 0 Å². The maximum atomic E-state index is 12.7. The third kappa shape index (κ3) is 5.78. The lowest BCUT2D eigenvalue weighted by Gasteiger charge is -2.42. The Morgan fingerprint density at radius 2 is 1.79 bits per heavy atom. The quantitative estimate of drug-likeness (QED) is 0.615. The number of ether oxygens (including phenoxy) is 2. The zero-order chi connectivity index (χ0) is 23.2. The highest BCUT2D eigenvalue weighted by Gasteiger charge is 2.32. The van der Waals surface area contributed by atoms with Crippen molar-refractivity contribution in [3.05, 3.63) is 54.1 Å². The lowest BCUT2D eigenvalue weighted by Crippen LogP contribution is -2.56. The highest BCUT2D eigenvalue weighted by atomic mass is 16.5. The molecular weight excluding hydrogens is 420 g/mol. The number of carbonyl (C=O) groups is 2. The first kappa shape index (κ1) is 23.0. The minimum Gasteiger partial charge on any atom is -0.493 e. The molecule has 1 N–H and O–H groups in total. The van der Waals surface area contributed by atoms with Gasteiger partial charge in [0.25, 0.3) is 0 Å². The van der Waals surface area contributed by atoms with E-state index in [4.69, 9.17) is 14.6 Å². The summed E-state index contributed by atoms with van der Waals surface area (Å²) in [6.07, 6.45) is 4.94. The van der Waals surface area contributed by atoms with Crippen LogP contribution in [0.1, 0.15) is 37.7 Å². The molecule has 1 aliphatic heterocycles. The number of hydrogen-bond acceptors (Lipinski definition) is 5. The Bertz CT molecular complexity index is 958. The lowest BCUT2D eigenvalue weighted by molar-refractivity contribution is -0.145. The zero-order valence-electron chi connectivity index (χ0n) is 19.1. The second-order valence-electron chi connectivity index (χ2n) is 8.81. The van der Waals surface area contributed by atoms with E-state index in [2.05, 4.69) is 4.90 Å². The molecule has 7 heteroatoms. The molecule has 1 heterocycles. The van der Waals surface area contributed by atoms with Crippen LogP contribution in [0.5, 0.6) is 11.5 Å². The molecule has 0 bridgehead atoms. The summed E-state index contributed by atoms with van der Waals surface area (Å²) >= 11 is 0. The minimum atomic E-state index is -1.09. The number of carbonyl (C=O) groups excluding carboxylic acids is 1. The van der Waals surface area contributed by atoms with Crippen LogP contribution in [0.2, 0.25) is 0 Å². The Labute approximate surface area is 194 Å². The van der Waals surface area contributed by atoms with Crippen LogP contribution in [0.25, 0.3) is 0 Å². The van der Waals surface area contributed by atoms with Crippen LogP contribution in [-0.4, -0.2) is 60.8 Å². The molecule has 2 aromatic carbocycles. The highest BCUT2D eigenvalue weighted by Crippen LogP contribution is 2.35. The van der Waals surface area contributed by atoms with Crippen LogP contribution in [0.15, 0.2) is 48.5 Å². The topological polar surface area (TPSA) is 79.3 Å². The Morgan fingerprint density at radius 3 is 2.48 bits per heavy atom. The number of methoxy groups -OCH3 is 1. The van der Waals surface area contributed by atoms with Gasteiger partial charge >= 0.3 is 5.97 Å². The smallest absolute Gasteiger partial charge is 0.312 e. The lowest BCUT2D eigenvalue weighted by atomic mass is 10.0. The van der Waals surface area contributed by atoms with E-state index >= 15 is 0 Å². The van der Waals surface area contributed by atoms with Crippen molar-refractivity contribution in [3.8, 4) is 11.5 Å². The summed E-state index contributed by atoms with van der Waals surface area (Å²) in [4.78, 5) is 27.8. The molecule has 1 aliphatic carbocycles. The van der Waals surface area contributed by atoms with E-state index in [1.807, 2.05) is 48.5 Å². The molecule has 0 radical (unpaired) electrons. The molecule has 1 saturated heterocycles. The number of nitrogens with zero attached hydrogens (tertiary/aromatic N) is 2. The summed E-state index contributed by atoms with van der Waals surface area (Å²) in [5, 5.41) is 9.13. The number of piperazine rings is 1. The molecule has 1 saturated carbocycles. The maximum Gasteiger partial charge on any atom is 0.312 e. The maximum absolute atomic E-state index is 12.7. The fourth-order valence-electron chi connectivity index (χ4n) is 4.85. The van der Waals surface area contributed by atoms with Gasteiger partial charge in [0.1, 0.15) is 6.42 Å². The molecule has 1 amide bonds. The zero-order valence-corrected chi connectivity index (χ0v) is 19.1. The fraction of sp³-hybridized carbons (Fsp3) is 0.462. The van der Waals surface area contributed by atoms with E-state index in [1.54, 1.807) is 12.0 Å². The van der Waals surface area contributed by atoms with Gasteiger partial charge in [0.15, 0.2) is 11.5 Å². The third-order valence-corrected chi connectivity index (χ3v) is 6.53. The Morgan fingerprint density at radius 1 is 1.03 bits per heavy atom. The number of aliphatic carboxylic acids is 1. The predicted molar refractivity (Wildman–Crippen MR) is 126 cm³/mol. The van der Waals surface area contributed by atoms with Crippen molar-refractivity contribution in [1.29, 1.82) is 0 Å². The first-order valence-electron chi connectivity index (χ1n) is 11.7. The number of amides is 1. The molecule has 0 unspecified atom stereocenters. The molecule has 33 heavy (non-hydrogen) atoms. The second-order valence-corrected chi connectivity index (χ2v) is 8.81. The number of carboxylic acid groups (broad SMARTS) is 1. The number of anilines is 1. The average molecular weight is 453 g/mol. The monoisotopic (exact) mass is 452 g/mol. The van der Waals surface area contributed by atoms with E-state index in [1.165, 1.54) is 12.8 Å². The van der Waals surface area contributed by atoms with E-state index in [0.29, 0.717) is 26.1 Å². The molecule has 4 rings (SSSR count). The van der Waals surface area contributed by atoms with Gasteiger partial charge in [-0.2, -0.15) is 0 Å². The van der Waals surface area contributed by atoms with Gasteiger partial charge in [-0.05, 0) is 49.8 Å². The molecule has 2 fully saturated rings. The highest BCUT2D eigenvalue weighted by molar-refractivity contribution is 5.93. The largest absolute Gasteiger partial charge is 0.493 e. The van der Waals surface area contributed by atoms with Crippen molar-refractivity contribution in [2.24, 2.45) is 0 Å². The second kappa shape index (κ2) is 10.6. The number of benzene rings is 2. The fourth-order valence-corrected chi connectivity index (χ4v) is 4.85. The van der Waals surface area contributed by atoms with Gasteiger partial charge in [-0.15, -0.1) is 0 Å². The van der Waals surface area contributed by atoms with Gasteiger partial charge in [-0.3, -0.25) is 9.59 Å². The van der Waals surface area contributed by atoms with Gasteiger partial charge < -0.3 is 24.4 Å². The summed E-state index contributed by atoms with van der Waals surface area (Å²) in [7, 11) is 1.65. The number of rotatable bonds is 8. The standard InChI is InChI=1S/C26H32N2O5/c1-32-23-12-11-20(16-24(23)33-22-9-5-6-10-22)27-13-14-28(25(29)17-26(30)31)21(18-27)15-19-7-3-2-4-8-19/h2-4,7-8,11-12,16,21-22H,5-6,9-10,13-15,17-18H2,1H3,(H,30,31)/t21-/m0/s1. The predicted octanol–water partition coefficient (Wildman–Crippen LogP) is 3.75. The van der Waals surface area contributed by atoms with Crippen molar-refractivity contribution in [3.63, 3.8) is 0 Å². The van der Waals surface area contributed by atoms with Crippen molar-refractivity contribution in [1.82, 2.24) is 4.90 Å². The summed E-state index contributed by atoms with van der Waals surface area (Å²) < 4.78 is 11.8. The van der Waals surface area contributed by atoms with Gasteiger partial charge in [-0.25, -0.2) is 0 Å². The van der Waals surface area contributed by atoms with Crippen molar-refractivity contribution < 1.29 is 24.2 Å². The van der Waals surface area contributed by atoms with Crippen LogP contribution in [0, 0.1) is 0 Å². The normalized spacial score (nSPS) is 18.9. The van der Waals surface area contributed by atoms with E-state index < -0.39 is 12.4 Å². The summed E-state index contributed by atoms with van der Waals surface area (Å²) in [6.45, 7) is 1.73. The van der Waals surface area contributed by atoms with Gasteiger partial charge in [-0.1, -0.05) is 30.3 Å². The summed E-state index contributed by atoms with van der Waals surface area (Å²) in [6, 6.07) is 15.9. The Kier molecular flexibility index (Phi) is 7.37.